The molecule has 1 N–H and O–H groups in total. The van der Waals surface area contributed by atoms with Gasteiger partial charge in [0.2, 0.25) is 0 Å². The van der Waals surface area contributed by atoms with Crippen molar-refractivity contribution in [3.05, 3.63) is 23.1 Å². The van der Waals surface area contributed by atoms with Crippen LogP contribution in [0.2, 0.25) is 5.02 Å². The van der Waals surface area contributed by atoms with Crippen molar-refractivity contribution in [3.8, 4) is 5.88 Å². The number of ether oxygens (including phenoxy) is 1. The fourth-order valence-electron chi connectivity index (χ4n) is 1.57. The van der Waals surface area contributed by atoms with Crippen LogP contribution in [0, 0.1) is 5.82 Å². The highest BCUT2D eigenvalue weighted by molar-refractivity contribution is 6.30. The number of halogens is 2. The van der Waals surface area contributed by atoms with Gasteiger partial charge in [0.1, 0.15) is 6.10 Å². The Labute approximate surface area is 92.6 Å². The molecule has 0 bridgehead atoms. The Morgan fingerprint density at radius 3 is 3.13 bits per heavy atom. The average molecular weight is 231 g/mol. The van der Waals surface area contributed by atoms with Gasteiger partial charge in [0.05, 0.1) is 5.02 Å². The number of nitrogens with one attached hydrogen (secondary N) is 1. The Hall–Kier alpha value is -0.870. The van der Waals surface area contributed by atoms with Crippen molar-refractivity contribution in [2.45, 2.75) is 18.9 Å². The first-order valence-electron chi connectivity index (χ1n) is 4.94. The lowest BCUT2D eigenvalue weighted by atomic mass is 10.1. The van der Waals surface area contributed by atoms with Gasteiger partial charge in [0, 0.05) is 12.7 Å². The van der Waals surface area contributed by atoms with Crippen LogP contribution in [0.4, 0.5) is 4.39 Å². The van der Waals surface area contributed by atoms with E-state index in [0.29, 0.717) is 0 Å². The smallest absolute Gasteiger partial charge is 0.250 e. The Morgan fingerprint density at radius 1 is 1.60 bits per heavy atom. The second-order valence-electron chi connectivity index (χ2n) is 3.53. The van der Waals surface area contributed by atoms with Gasteiger partial charge in [-0.15, -0.1) is 0 Å². The van der Waals surface area contributed by atoms with E-state index >= 15 is 0 Å². The average Bonchev–Trinajstić information content (AvgIpc) is 2.24. The predicted octanol–water partition coefficient (Wildman–Crippen LogP) is 2.00. The molecule has 0 saturated carbocycles. The summed E-state index contributed by atoms with van der Waals surface area (Å²) in [6, 6.07) is 1.21. The second kappa shape index (κ2) is 4.77. The standard InChI is InChI=1S/C10H12ClFN2O/c11-7-4-9(12)10(14-5-7)15-8-2-1-3-13-6-8/h4-5,8,13H,1-3,6H2. The van der Waals surface area contributed by atoms with E-state index in [9.17, 15) is 4.39 Å². The van der Waals surface area contributed by atoms with Crippen molar-refractivity contribution in [1.29, 1.82) is 0 Å². The highest BCUT2D eigenvalue weighted by atomic mass is 35.5. The zero-order valence-corrected chi connectivity index (χ0v) is 8.93. The summed E-state index contributed by atoms with van der Waals surface area (Å²) >= 11 is 5.59. The molecule has 0 aromatic carbocycles. The Morgan fingerprint density at radius 2 is 2.47 bits per heavy atom. The molecule has 15 heavy (non-hydrogen) atoms. The third-order valence-electron chi connectivity index (χ3n) is 2.30. The highest BCUT2D eigenvalue weighted by Crippen LogP contribution is 2.20. The number of pyridine rings is 1. The zero-order chi connectivity index (χ0) is 10.7. The monoisotopic (exact) mass is 230 g/mol. The third kappa shape index (κ3) is 2.79. The van der Waals surface area contributed by atoms with E-state index < -0.39 is 5.82 Å². The SMILES string of the molecule is Fc1cc(Cl)cnc1OC1CCCNC1. The molecule has 3 nitrogen and oxygen atoms in total. The van der Waals surface area contributed by atoms with Crippen molar-refractivity contribution in [3.63, 3.8) is 0 Å². The summed E-state index contributed by atoms with van der Waals surface area (Å²) in [6.45, 7) is 1.74. The number of piperidine rings is 1. The first kappa shape index (κ1) is 10.6. The Balaban J connectivity index is 2.03. The molecule has 2 heterocycles. The number of hydrogen-bond donors (Lipinski definition) is 1. The van der Waals surface area contributed by atoms with E-state index in [-0.39, 0.29) is 17.0 Å². The van der Waals surface area contributed by atoms with Gasteiger partial charge in [-0.05, 0) is 25.5 Å². The van der Waals surface area contributed by atoms with Crippen molar-refractivity contribution in [2.24, 2.45) is 0 Å². The van der Waals surface area contributed by atoms with Crippen LogP contribution in [0.3, 0.4) is 0 Å². The highest BCUT2D eigenvalue weighted by Gasteiger charge is 2.17. The third-order valence-corrected chi connectivity index (χ3v) is 2.51. The minimum absolute atomic E-state index is 0.00178. The van der Waals surface area contributed by atoms with E-state index in [4.69, 9.17) is 16.3 Å². The molecule has 1 aliphatic heterocycles. The lowest BCUT2D eigenvalue weighted by Gasteiger charge is -2.23. The van der Waals surface area contributed by atoms with Crippen LogP contribution in [0.1, 0.15) is 12.8 Å². The van der Waals surface area contributed by atoms with Crippen LogP contribution in [0.25, 0.3) is 0 Å². The van der Waals surface area contributed by atoms with Gasteiger partial charge < -0.3 is 10.1 Å². The first-order chi connectivity index (χ1) is 7.25. The largest absolute Gasteiger partial charge is 0.471 e. The van der Waals surface area contributed by atoms with E-state index in [1.807, 2.05) is 0 Å². The lowest BCUT2D eigenvalue weighted by molar-refractivity contribution is 0.153. The molecule has 1 unspecified atom stereocenters. The van der Waals surface area contributed by atoms with Crippen LogP contribution in [-0.2, 0) is 0 Å². The molecule has 82 valence electrons. The van der Waals surface area contributed by atoms with Crippen molar-refractivity contribution >= 4 is 11.6 Å². The first-order valence-corrected chi connectivity index (χ1v) is 5.32. The molecule has 1 aromatic heterocycles. The molecular weight excluding hydrogens is 219 g/mol. The molecule has 5 heteroatoms. The number of aromatic nitrogens is 1. The summed E-state index contributed by atoms with van der Waals surface area (Å²) in [5.41, 5.74) is 0. The van der Waals surface area contributed by atoms with Crippen LogP contribution >= 0.6 is 11.6 Å². The summed E-state index contributed by atoms with van der Waals surface area (Å²) in [7, 11) is 0. The second-order valence-corrected chi connectivity index (χ2v) is 3.96. The quantitative estimate of drug-likeness (QED) is 0.844. The number of rotatable bonds is 2. The van der Waals surface area contributed by atoms with Crippen molar-refractivity contribution < 1.29 is 9.13 Å². The van der Waals surface area contributed by atoms with Gasteiger partial charge in [-0.3, -0.25) is 0 Å². The predicted molar refractivity (Wildman–Crippen MR) is 55.7 cm³/mol. The maximum Gasteiger partial charge on any atom is 0.250 e. The van der Waals surface area contributed by atoms with E-state index in [1.165, 1.54) is 12.3 Å². The van der Waals surface area contributed by atoms with Gasteiger partial charge in [-0.1, -0.05) is 11.6 Å². The molecule has 1 saturated heterocycles. The van der Waals surface area contributed by atoms with Crippen LogP contribution in [0.5, 0.6) is 5.88 Å². The maximum atomic E-state index is 13.3. The molecule has 0 aliphatic carbocycles. The zero-order valence-electron chi connectivity index (χ0n) is 8.17. The summed E-state index contributed by atoms with van der Waals surface area (Å²) in [5.74, 6) is -0.471. The van der Waals surface area contributed by atoms with Crippen molar-refractivity contribution in [1.82, 2.24) is 10.3 Å². The van der Waals surface area contributed by atoms with Gasteiger partial charge in [-0.25, -0.2) is 9.37 Å². The summed E-state index contributed by atoms with van der Waals surface area (Å²) in [5, 5.41) is 3.46. The van der Waals surface area contributed by atoms with E-state index in [2.05, 4.69) is 10.3 Å². The van der Waals surface area contributed by atoms with Crippen molar-refractivity contribution in [2.75, 3.05) is 13.1 Å². The summed E-state index contributed by atoms with van der Waals surface area (Å²) < 4.78 is 18.7. The minimum Gasteiger partial charge on any atom is -0.471 e. The van der Waals surface area contributed by atoms with Crippen LogP contribution in [0.15, 0.2) is 12.3 Å². The van der Waals surface area contributed by atoms with E-state index in [0.717, 1.165) is 25.9 Å². The minimum atomic E-state index is -0.506. The Kier molecular flexibility index (Phi) is 3.38. The molecular formula is C10H12ClFN2O. The molecule has 2 rings (SSSR count). The molecule has 1 atom stereocenters. The van der Waals surface area contributed by atoms with Crippen LogP contribution in [-0.4, -0.2) is 24.2 Å². The lowest BCUT2D eigenvalue weighted by Crippen LogP contribution is -2.37. The molecule has 0 spiro atoms. The maximum absolute atomic E-state index is 13.3. The van der Waals surface area contributed by atoms with Crippen LogP contribution < -0.4 is 10.1 Å². The molecule has 0 amide bonds. The normalized spacial score (nSPS) is 21.3. The summed E-state index contributed by atoms with van der Waals surface area (Å²) in [6.07, 6.45) is 3.36. The van der Waals surface area contributed by atoms with Gasteiger partial charge in [0.15, 0.2) is 5.82 Å². The summed E-state index contributed by atoms with van der Waals surface area (Å²) in [4.78, 5) is 3.81. The van der Waals surface area contributed by atoms with Gasteiger partial charge in [0.25, 0.3) is 5.88 Å². The molecule has 1 aromatic rings. The molecule has 1 fully saturated rings. The van der Waals surface area contributed by atoms with E-state index in [1.54, 1.807) is 0 Å². The molecule has 1 aliphatic rings. The van der Waals surface area contributed by atoms with Gasteiger partial charge in [-0.2, -0.15) is 0 Å². The molecule has 0 radical (unpaired) electrons. The topological polar surface area (TPSA) is 34.1 Å². The fraction of sp³-hybridized carbons (Fsp3) is 0.500. The Bertz CT molecular complexity index is 342. The number of hydrogen-bond acceptors (Lipinski definition) is 3. The number of nitrogens with zero attached hydrogens (tertiary/aromatic N) is 1. The fourth-order valence-corrected chi connectivity index (χ4v) is 1.71. The van der Waals surface area contributed by atoms with Gasteiger partial charge >= 0.3 is 0 Å².